The third-order valence-corrected chi connectivity index (χ3v) is 5.08. The Morgan fingerprint density at radius 3 is 2.17 bits per heavy atom. The van der Waals surface area contributed by atoms with Crippen molar-refractivity contribution in [3.63, 3.8) is 0 Å². The molecule has 2 aromatic carbocycles. The molecule has 2 aromatic rings. The topological polar surface area (TPSA) is 105 Å². The zero-order valence-electron chi connectivity index (χ0n) is 16.6. The maximum atomic E-state index is 12.4. The number of hydrogen-bond donors (Lipinski definition) is 3. The quantitative estimate of drug-likeness (QED) is 0.583. The molecule has 0 radical (unpaired) electrons. The number of rotatable bonds is 8. The van der Waals surface area contributed by atoms with Gasteiger partial charge in [-0.05, 0) is 35.6 Å². The summed E-state index contributed by atoms with van der Waals surface area (Å²) in [4.78, 5) is 35.6. The number of hydrogen-bond acceptors (Lipinski definition) is 4. The van der Waals surface area contributed by atoms with Crippen LogP contribution in [0.25, 0.3) is 11.1 Å². The van der Waals surface area contributed by atoms with Gasteiger partial charge in [-0.25, -0.2) is 4.79 Å². The fourth-order valence-corrected chi connectivity index (χ4v) is 3.56. The molecule has 1 aliphatic carbocycles. The number of carboxylic acids is 1. The number of nitrogens with one attached hydrogen (secondary N) is 2. The van der Waals surface area contributed by atoms with Gasteiger partial charge in [0.1, 0.15) is 18.7 Å². The van der Waals surface area contributed by atoms with Crippen LogP contribution in [0.5, 0.6) is 0 Å². The molecule has 7 nitrogen and oxygen atoms in total. The first-order chi connectivity index (χ1) is 14.4. The second-order valence-electron chi connectivity index (χ2n) is 7.12. The van der Waals surface area contributed by atoms with E-state index in [1.165, 1.54) is 13.0 Å². The number of aliphatic carboxylic acids is 1. The molecule has 2 atom stereocenters. The van der Waals surface area contributed by atoms with E-state index in [0.717, 1.165) is 22.3 Å². The average molecular weight is 408 g/mol. The Labute approximate surface area is 174 Å². The van der Waals surface area contributed by atoms with Gasteiger partial charge in [0.25, 0.3) is 0 Å². The van der Waals surface area contributed by atoms with Gasteiger partial charge >= 0.3 is 12.1 Å². The lowest BCUT2D eigenvalue weighted by Crippen LogP contribution is -2.50. The molecule has 0 heterocycles. The van der Waals surface area contributed by atoms with Crippen LogP contribution in [0.2, 0.25) is 0 Å². The molecule has 0 saturated heterocycles. The lowest BCUT2D eigenvalue weighted by molar-refractivity contribution is -0.141. The second kappa shape index (κ2) is 9.26. The van der Waals surface area contributed by atoms with Crippen LogP contribution in [-0.4, -0.2) is 41.8 Å². The summed E-state index contributed by atoms with van der Waals surface area (Å²) in [6, 6.07) is 13.9. The third-order valence-electron chi connectivity index (χ3n) is 5.08. The molecule has 1 aliphatic rings. The summed E-state index contributed by atoms with van der Waals surface area (Å²) >= 11 is 0. The van der Waals surface area contributed by atoms with Crippen molar-refractivity contribution in [3.8, 4) is 11.1 Å². The summed E-state index contributed by atoms with van der Waals surface area (Å²) in [5.74, 6) is -1.87. The van der Waals surface area contributed by atoms with Crippen molar-refractivity contribution in [1.82, 2.24) is 10.6 Å². The highest BCUT2D eigenvalue weighted by atomic mass is 16.5. The van der Waals surface area contributed by atoms with Crippen LogP contribution in [0.3, 0.4) is 0 Å². The SMILES string of the molecule is C=CCC(NC(=O)OCC1c2ccccc2-c2ccccc21)C(=O)N[C@H](C)C(=O)O. The predicted octanol–water partition coefficient (Wildman–Crippen LogP) is 3.06. The molecule has 0 bridgehead atoms. The first kappa shape index (κ1) is 21.1. The maximum absolute atomic E-state index is 12.4. The highest BCUT2D eigenvalue weighted by Crippen LogP contribution is 2.44. The summed E-state index contributed by atoms with van der Waals surface area (Å²) in [5, 5.41) is 13.8. The summed E-state index contributed by atoms with van der Waals surface area (Å²) in [6.07, 6.45) is 0.865. The van der Waals surface area contributed by atoms with Crippen LogP contribution in [0, 0.1) is 0 Å². The lowest BCUT2D eigenvalue weighted by Gasteiger charge is -2.20. The first-order valence-corrected chi connectivity index (χ1v) is 9.68. The van der Waals surface area contributed by atoms with Crippen LogP contribution in [0.1, 0.15) is 30.4 Å². The molecule has 2 amide bonds. The van der Waals surface area contributed by atoms with Crippen molar-refractivity contribution < 1.29 is 24.2 Å². The zero-order chi connectivity index (χ0) is 21.7. The van der Waals surface area contributed by atoms with Crippen molar-refractivity contribution in [2.75, 3.05) is 6.61 Å². The van der Waals surface area contributed by atoms with Crippen molar-refractivity contribution in [2.24, 2.45) is 0 Å². The monoisotopic (exact) mass is 408 g/mol. The van der Waals surface area contributed by atoms with Crippen molar-refractivity contribution in [1.29, 1.82) is 0 Å². The van der Waals surface area contributed by atoms with Crippen LogP contribution in [-0.2, 0) is 14.3 Å². The predicted molar refractivity (Wildman–Crippen MR) is 112 cm³/mol. The molecule has 156 valence electrons. The Bertz CT molecular complexity index is 926. The Hall–Kier alpha value is -3.61. The minimum atomic E-state index is -1.16. The van der Waals surface area contributed by atoms with Crippen LogP contribution >= 0.6 is 0 Å². The van der Waals surface area contributed by atoms with Gasteiger partial charge in [-0.1, -0.05) is 54.6 Å². The molecule has 30 heavy (non-hydrogen) atoms. The highest BCUT2D eigenvalue weighted by molar-refractivity contribution is 5.89. The largest absolute Gasteiger partial charge is 0.480 e. The number of carboxylic acid groups (broad SMARTS) is 1. The maximum Gasteiger partial charge on any atom is 0.407 e. The Morgan fingerprint density at radius 2 is 1.63 bits per heavy atom. The fraction of sp³-hybridized carbons (Fsp3) is 0.261. The van der Waals surface area contributed by atoms with Gasteiger partial charge in [0.15, 0.2) is 0 Å². The average Bonchev–Trinajstić information content (AvgIpc) is 3.05. The highest BCUT2D eigenvalue weighted by Gasteiger charge is 2.30. The Kier molecular flexibility index (Phi) is 6.51. The second-order valence-corrected chi connectivity index (χ2v) is 7.12. The van der Waals surface area contributed by atoms with Crippen molar-refractivity contribution in [2.45, 2.75) is 31.3 Å². The number of carbonyl (C=O) groups excluding carboxylic acids is 2. The molecule has 0 spiro atoms. The number of amides is 2. The van der Waals surface area contributed by atoms with Gasteiger partial charge in [-0.15, -0.1) is 6.58 Å². The standard InChI is InChI=1S/C23H24N2O5/c1-3-8-20(21(26)24-14(2)22(27)28)25-23(29)30-13-19-17-11-6-4-9-15(17)16-10-5-7-12-18(16)19/h3-7,9-12,14,19-20H,1,8,13H2,2H3,(H,24,26)(H,25,29)(H,27,28)/t14-,20?/m1/s1. The molecule has 7 heteroatoms. The fourth-order valence-electron chi connectivity index (χ4n) is 3.56. The van der Waals surface area contributed by atoms with Gasteiger partial charge in [0.05, 0.1) is 0 Å². The van der Waals surface area contributed by atoms with E-state index in [1.54, 1.807) is 0 Å². The third kappa shape index (κ3) is 4.51. The van der Waals surface area contributed by atoms with Gasteiger partial charge in [0, 0.05) is 5.92 Å². The number of alkyl carbamates (subject to hydrolysis) is 1. The molecule has 3 N–H and O–H groups in total. The van der Waals surface area contributed by atoms with E-state index in [0.29, 0.717) is 0 Å². The van der Waals surface area contributed by atoms with E-state index in [-0.39, 0.29) is 18.9 Å². The van der Waals surface area contributed by atoms with Gasteiger partial charge < -0.3 is 20.5 Å². The van der Waals surface area contributed by atoms with E-state index in [4.69, 9.17) is 9.84 Å². The Morgan fingerprint density at radius 1 is 1.07 bits per heavy atom. The summed E-state index contributed by atoms with van der Waals surface area (Å²) in [7, 11) is 0. The van der Waals surface area contributed by atoms with E-state index in [1.807, 2.05) is 48.5 Å². The minimum absolute atomic E-state index is 0.0955. The minimum Gasteiger partial charge on any atom is -0.480 e. The van der Waals surface area contributed by atoms with Crippen LogP contribution in [0.4, 0.5) is 4.79 Å². The van der Waals surface area contributed by atoms with Crippen molar-refractivity contribution >= 4 is 18.0 Å². The molecule has 0 aliphatic heterocycles. The molecule has 0 fully saturated rings. The first-order valence-electron chi connectivity index (χ1n) is 9.68. The normalized spacial score (nSPS) is 14.0. The smallest absolute Gasteiger partial charge is 0.407 e. The zero-order valence-corrected chi connectivity index (χ0v) is 16.6. The molecule has 0 aromatic heterocycles. The lowest BCUT2D eigenvalue weighted by atomic mass is 9.98. The molecule has 0 saturated carbocycles. The van der Waals surface area contributed by atoms with E-state index >= 15 is 0 Å². The van der Waals surface area contributed by atoms with E-state index in [2.05, 4.69) is 17.2 Å². The summed E-state index contributed by atoms with van der Waals surface area (Å²) < 4.78 is 5.44. The number of ether oxygens (including phenoxy) is 1. The number of carbonyl (C=O) groups is 3. The molecular formula is C23H24N2O5. The van der Waals surface area contributed by atoms with Gasteiger partial charge in [0.2, 0.25) is 5.91 Å². The van der Waals surface area contributed by atoms with E-state index in [9.17, 15) is 14.4 Å². The molecule has 3 rings (SSSR count). The molecule has 1 unspecified atom stereocenters. The van der Waals surface area contributed by atoms with Crippen LogP contribution in [0.15, 0.2) is 61.2 Å². The Balaban J connectivity index is 1.65. The van der Waals surface area contributed by atoms with E-state index < -0.39 is 30.1 Å². The summed E-state index contributed by atoms with van der Waals surface area (Å²) in [5.41, 5.74) is 4.41. The van der Waals surface area contributed by atoms with Gasteiger partial charge in [-0.3, -0.25) is 9.59 Å². The van der Waals surface area contributed by atoms with Gasteiger partial charge in [-0.2, -0.15) is 0 Å². The molecular weight excluding hydrogens is 384 g/mol. The summed E-state index contributed by atoms with van der Waals surface area (Å²) in [6.45, 7) is 5.04. The number of benzene rings is 2. The van der Waals surface area contributed by atoms with Crippen LogP contribution < -0.4 is 10.6 Å². The van der Waals surface area contributed by atoms with Crippen molar-refractivity contribution in [3.05, 3.63) is 72.3 Å². The number of fused-ring (bicyclic) bond motifs is 3.